The summed E-state index contributed by atoms with van der Waals surface area (Å²) < 4.78 is 1.97. The standard InChI is InChI=1S/C12H15N3/c1-12(2,13)10-3-5-11(6-4-10)15-8-7-14-9-15/h3-9H,13H2,1-2H3. The molecule has 0 aliphatic rings. The van der Waals surface area contributed by atoms with Crippen LogP contribution < -0.4 is 5.73 Å². The summed E-state index contributed by atoms with van der Waals surface area (Å²) >= 11 is 0. The van der Waals surface area contributed by atoms with Crippen LogP contribution in [0.25, 0.3) is 5.69 Å². The van der Waals surface area contributed by atoms with Crippen molar-refractivity contribution in [3.63, 3.8) is 0 Å². The molecule has 78 valence electrons. The van der Waals surface area contributed by atoms with Crippen molar-refractivity contribution in [2.75, 3.05) is 0 Å². The fourth-order valence-electron chi connectivity index (χ4n) is 1.47. The van der Waals surface area contributed by atoms with Crippen molar-refractivity contribution in [2.24, 2.45) is 5.73 Å². The van der Waals surface area contributed by atoms with Gasteiger partial charge < -0.3 is 10.3 Å². The Kier molecular flexibility index (Phi) is 2.32. The normalized spacial score (nSPS) is 11.7. The highest BCUT2D eigenvalue weighted by atomic mass is 15.0. The molecule has 1 aromatic heterocycles. The predicted octanol–water partition coefficient (Wildman–Crippen LogP) is 2.07. The molecule has 0 saturated heterocycles. The number of hydrogen-bond acceptors (Lipinski definition) is 2. The summed E-state index contributed by atoms with van der Waals surface area (Å²) in [5.74, 6) is 0. The molecule has 0 amide bonds. The fraction of sp³-hybridized carbons (Fsp3) is 0.250. The zero-order valence-electron chi connectivity index (χ0n) is 9.01. The molecule has 2 aromatic rings. The van der Waals surface area contributed by atoms with Crippen LogP contribution >= 0.6 is 0 Å². The Morgan fingerprint density at radius 2 is 1.87 bits per heavy atom. The second-order valence-corrected chi connectivity index (χ2v) is 4.24. The van der Waals surface area contributed by atoms with Gasteiger partial charge in [-0.15, -0.1) is 0 Å². The van der Waals surface area contributed by atoms with E-state index in [4.69, 9.17) is 5.73 Å². The Balaban J connectivity index is 2.33. The Hall–Kier alpha value is -1.61. The molecule has 1 heterocycles. The highest BCUT2D eigenvalue weighted by molar-refractivity contribution is 5.36. The van der Waals surface area contributed by atoms with E-state index < -0.39 is 0 Å². The second kappa shape index (κ2) is 3.51. The number of nitrogens with two attached hydrogens (primary N) is 1. The number of imidazole rings is 1. The lowest BCUT2D eigenvalue weighted by Gasteiger charge is -2.19. The monoisotopic (exact) mass is 201 g/mol. The van der Waals surface area contributed by atoms with Crippen molar-refractivity contribution in [2.45, 2.75) is 19.4 Å². The molecule has 3 heteroatoms. The van der Waals surface area contributed by atoms with Gasteiger partial charge >= 0.3 is 0 Å². The molecule has 3 nitrogen and oxygen atoms in total. The van der Waals surface area contributed by atoms with Crippen LogP contribution in [-0.2, 0) is 5.54 Å². The van der Waals surface area contributed by atoms with E-state index in [9.17, 15) is 0 Å². The quantitative estimate of drug-likeness (QED) is 0.808. The van der Waals surface area contributed by atoms with Crippen molar-refractivity contribution >= 4 is 0 Å². The maximum atomic E-state index is 6.01. The molecule has 2 N–H and O–H groups in total. The smallest absolute Gasteiger partial charge is 0.0991 e. The SMILES string of the molecule is CC(C)(N)c1ccc(-n2ccnc2)cc1. The van der Waals surface area contributed by atoms with Crippen molar-refractivity contribution in [1.29, 1.82) is 0 Å². The number of aromatic nitrogens is 2. The van der Waals surface area contributed by atoms with Crippen LogP contribution in [0, 0.1) is 0 Å². The minimum absolute atomic E-state index is 0.284. The summed E-state index contributed by atoms with van der Waals surface area (Å²) in [7, 11) is 0. The van der Waals surface area contributed by atoms with Gasteiger partial charge in [0, 0.05) is 23.6 Å². The van der Waals surface area contributed by atoms with Gasteiger partial charge in [-0.25, -0.2) is 4.98 Å². The maximum absolute atomic E-state index is 6.01. The molecule has 0 spiro atoms. The van der Waals surface area contributed by atoms with Crippen molar-refractivity contribution in [3.05, 3.63) is 48.5 Å². The van der Waals surface area contributed by atoms with E-state index in [1.54, 1.807) is 12.5 Å². The highest BCUT2D eigenvalue weighted by Crippen LogP contribution is 2.18. The minimum Gasteiger partial charge on any atom is -0.322 e. The molecular formula is C12H15N3. The molecule has 0 aliphatic heterocycles. The van der Waals surface area contributed by atoms with Crippen LogP contribution in [0.4, 0.5) is 0 Å². The van der Waals surface area contributed by atoms with E-state index in [0.29, 0.717) is 0 Å². The van der Waals surface area contributed by atoms with Gasteiger partial charge in [-0.3, -0.25) is 0 Å². The van der Waals surface area contributed by atoms with Gasteiger partial charge in [0.1, 0.15) is 0 Å². The third-order valence-corrected chi connectivity index (χ3v) is 2.41. The highest BCUT2D eigenvalue weighted by Gasteiger charge is 2.13. The topological polar surface area (TPSA) is 43.8 Å². The van der Waals surface area contributed by atoms with Gasteiger partial charge in [0.25, 0.3) is 0 Å². The van der Waals surface area contributed by atoms with E-state index in [2.05, 4.69) is 17.1 Å². The molecule has 0 bridgehead atoms. The first-order chi connectivity index (χ1) is 7.07. The predicted molar refractivity (Wildman–Crippen MR) is 60.8 cm³/mol. The molecule has 0 unspecified atom stereocenters. The second-order valence-electron chi connectivity index (χ2n) is 4.24. The zero-order chi connectivity index (χ0) is 10.9. The molecule has 15 heavy (non-hydrogen) atoms. The Labute approximate surface area is 89.6 Å². The van der Waals surface area contributed by atoms with Crippen LogP contribution in [0.5, 0.6) is 0 Å². The summed E-state index contributed by atoms with van der Waals surface area (Å²) in [6, 6.07) is 8.20. The molecule has 2 rings (SSSR count). The third-order valence-electron chi connectivity index (χ3n) is 2.41. The van der Waals surface area contributed by atoms with Crippen molar-refractivity contribution < 1.29 is 0 Å². The van der Waals surface area contributed by atoms with Crippen LogP contribution in [0.15, 0.2) is 43.0 Å². The van der Waals surface area contributed by atoms with E-state index in [-0.39, 0.29) is 5.54 Å². The molecular weight excluding hydrogens is 186 g/mol. The lowest BCUT2D eigenvalue weighted by Crippen LogP contribution is -2.28. The molecule has 0 aliphatic carbocycles. The van der Waals surface area contributed by atoms with Gasteiger partial charge in [-0.1, -0.05) is 12.1 Å². The zero-order valence-corrected chi connectivity index (χ0v) is 9.01. The maximum Gasteiger partial charge on any atom is 0.0991 e. The first-order valence-corrected chi connectivity index (χ1v) is 4.95. The molecule has 1 aromatic carbocycles. The van der Waals surface area contributed by atoms with Gasteiger partial charge in [-0.2, -0.15) is 0 Å². The van der Waals surface area contributed by atoms with Crippen molar-refractivity contribution in [3.8, 4) is 5.69 Å². The van der Waals surface area contributed by atoms with E-state index in [1.165, 1.54) is 0 Å². The number of rotatable bonds is 2. The molecule has 0 saturated carbocycles. The Morgan fingerprint density at radius 3 is 2.33 bits per heavy atom. The summed E-state index contributed by atoms with van der Waals surface area (Å²) in [5.41, 5.74) is 7.95. The van der Waals surface area contributed by atoms with Crippen LogP contribution in [0.2, 0.25) is 0 Å². The fourth-order valence-corrected chi connectivity index (χ4v) is 1.47. The van der Waals surface area contributed by atoms with Gasteiger partial charge in [0.05, 0.1) is 6.33 Å². The Morgan fingerprint density at radius 1 is 1.20 bits per heavy atom. The van der Waals surface area contributed by atoms with Crippen LogP contribution in [-0.4, -0.2) is 9.55 Å². The summed E-state index contributed by atoms with van der Waals surface area (Å²) in [5, 5.41) is 0. The molecule has 0 atom stereocenters. The summed E-state index contributed by atoms with van der Waals surface area (Å²) in [6.07, 6.45) is 5.46. The summed E-state index contributed by atoms with van der Waals surface area (Å²) in [6.45, 7) is 4.00. The third kappa shape index (κ3) is 2.07. The van der Waals surface area contributed by atoms with E-state index in [1.807, 2.05) is 36.7 Å². The van der Waals surface area contributed by atoms with E-state index >= 15 is 0 Å². The number of hydrogen-bond donors (Lipinski definition) is 1. The number of nitrogens with zero attached hydrogens (tertiary/aromatic N) is 2. The van der Waals surface area contributed by atoms with Crippen LogP contribution in [0.3, 0.4) is 0 Å². The summed E-state index contributed by atoms with van der Waals surface area (Å²) in [4.78, 5) is 4.01. The van der Waals surface area contributed by atoms with E-state index in [0.717, 1.165) is 11.3 Å². The van der Waals surface area contributed by atoms with Crippen LogP contribution in [0.1, 0.15) is 19.4 Å². The van der Waals surface area contributed by atoms with Gasteiger partial charge in [-0.05, 0) is 31.5 Å². The first-order valence-electron chi connectivity index (χ1n) is 4.95. The average molecular weight is 201 g/mol. The van der Waals surface area contributed by atoms with Crippen molar-refractivity contribution in [1.82, 2.24) is 9.55 Å². The lowest BCUT2D eigenvalue weighted by molar-refractivity contribution is 0.554. The largest absolute Gasteiger partial charge is 0.322 e. The average Bonchev–Trinajstić information content (AvgIpc) is 2.69. The molecule has 0 radical (unpaired) electrons. The van der Waals surface area contributed by atoms with Gasteiger partial charge in [0.2, 0.25) is 0 Å². The Bertz CT molecular complexity index is 421. The lowest BCUT2D eigenvalue weighted by atomic mass is 9.96. The minimum atomic E-state index is -0.284. The number of benzene rings is 1. The first kappa shape index (κ1) is 9.93. The molecule has 0 fully saturated rings. The van der Waals surface area contributed by atoms with Gasteiger partial charge in [0.15, 0.2) is 0 Å².